The lowest BCUT2D eigenvalue weighted by Gasteiger charge is -2.13. The molecule has 2 heterocycles. The largest absolute Gasteiger partial charge is 0.504 e. The number of para-hydroxylation sites is 1. The molecule has 0 fully saturated rings. The number of nitrogens with zero attached hydrogens (tertiary/aromatic N) is 3. The summed E-state index contributed by atoms with van der Waals surface area (Å²) in [5, 5.41) is 18.2. The molecule has 0 aliphatic rings. The van der Waals surface area contributed by atoms with Gasteiger partial charge in [-0.25, -0.2) is 9.67 Å². The molecule has 0 saturated heterocycles. The minimum Gasteiger partial charge on any atom is -0.504 e. The zero-order valence-electron chi connectivity index (χ0n) is 18.6. The van der Waals surface area contributed by atoms with Crippen molar-refractivity contribution in [3.63, 3.8) is 0 Å². The fourth-order valence-corrected chi connectivity index (χ4v) is 3.77. The maximum Gasteiger partial charge on any atom is 0.416 e. The molecule has 2 aromatic heterocycles. The number of aromatic nitrogens is 3. The van der Waals surface area contributed by atoms with E-state index >= 15 is 0 Å². The molecule has 0 saturated carbocycles. The van der Waals surface area contributed by atoms with Crippen molar-refractivity contribution in [1.29, 1.82) is 0 Å². The van der Waals surface area contributed by atoms with E-state index in [4.69, 9.17) is 23.2 Å². The van der Waals surface area contributed by atoms with Crippen molar-refractivity contribution >= 4 is 40.8 Å². The number of amides is 2. The van der Waals surface area contributed by atoms with Crippen molar-refractivity contribution in [2.24, 2.45) is 0 Å². The molecule has 190 valence electrons. The first kappa shape index (κ1) is 26.0. The Morgan fingerprint density at radius 3 is 2.35 bits per heavy atom. The number of alkyl halides is 3. The van der Waals surface area contributed by atoms with E-state index in [2.05, 4.69) is 20.7 Å². The Morgan fingerprint density at radius 1 is 1.00 bits per heavy atom. The van der Waals surface area contributed by atoms with Gasteiger partial charge in [-0.05, 0) is 29.8 Å². The van der Waals surface area contributed by atoms with Crippen molar-refractivity contribution in [3.8, 4) is 11.4 Å². The Morgan fingerprint density at radius 2 is 1.68 bits per heavy atom. The summed E-state index contributed by atoms with van der Waals surface area (Å²) in [6.07, 6.45) is -3.28. The highest BCUT2D eigenvalue weighted by Gasteiger charge is 2.33. The number of hydrogen-bond donors (Lipinski definition) is 3. The zero-order chi connectivity index (χ0) is 26.7. The summed E-state index contributed by atoms with van der Waals surface area (Å²) in [6.45, 7) is -0.427. The molecule has 13 heteroatoms. The first-order chi connectivity index (χ1) is 17.5. The molecule has 0 aliphatic carbocycles. The van der Waals surface area contributed by atoms with Crippen molar-refractivity contribution in [1.82, 2.24) is 20.1 Å². The molecule has 2 amide bonds. The van der Waals surface area contributed by atoms with Gasteiger partial charge in [-0.1, -0.05) is 59.6 Å². The van der Waals surface area contributed by atoms with Gasteiger partial charge in [0.25, 0.3) is 11.8 Å². The van der Waals surface area contributed by atoms with E-state index in [-0.39, 0.29) is 27.7 Å². The molecule has 0 bridgehead atoms. The van der Waals surface area contributed by atoms with Gasteiger partial charge in [-0.3, -0.25) is 9.59 Å². The molecule has 8 nitrogen and oxygen atoms in total. The van der Waals surface area contributed by atoms with E-state index < -0.39 is 41.0 Å². The van der Waals surface area contributed by atoms with Gasteiger partial charge < -0.3 is 15.7 Å². The quantitative estimate of drug-likeness (QED) is 0.276. The summed E-state index contributed by atoms with van der Waals surface area (Å²) in [5.74, 6) is -2.34. The Bertz CT molecular complexity index is 1450. The lowest BCUT2D eigenvalue weighted by Crippen LogP contribution is -2.25. The van der Waals surface area contributed by atoms with Crippen molar-refractivity contribution in [3.05, 3.63) is 99.4 Å². The Balaban J connectivity index is 1.64. The minimum atomic E-state index is -4.60. The van der Waals surface area contributed by atoms with Gasteiger partial charge in [0.05, 0.1) is 16.3 Å². The lowest BCUT2D eigenvalue weighted by atomic mass is 10.1. The number of pyridine rings is 1. The van der Waals surface area contributed by atoms with Crippen LogP contribution in [0.1, 0.15) is 32.0 Å². The molecule has 0 radical (unpaired) electrons. The third-order valence-corrected chi connectivity index (χ3v) is 5.66. The number of rotatable bonds is 6. The average molecular weight is 550 g/mol. The second-order valence-electron chi connectivity index (χ2n) is 7.59. The first-order valence-electron chi connectivity index (χ1n) is 10.5. The van der Waals surface area contributed by atoms with E-state index in [1.807, 2.05) is 0 Å². The van der Waals surface area contributed by atoms with E-state index in [0.29, 0.717) is 5.69 Å². The van der Waals surface area contributed by atoms with Gasteiger partial charge >= 0.3 is 6.18 Å². The van der Waals surface area contributed by atoms with Crippen LogP contribution in [0, 0.1) is 0 Å². The van der Waals surface area contributed by atoms with Crippen LogP contribution in [0.4, 0.5) is 19.0 Å². The van der Waals surface area contributed by atoms with Crippen LogP contribution in [0.5, 0.6) is 5.75 Å². The van der Waals surface area contributed by atoms with E-state index in [0.717, 1.165) is 12.1 Å². The second kappa shape index (κ2) is 10.5. The molecular weight excluding hydrogens is 534 g/mol. The van der Waals surface area contributed by atoms with Crippen LogP contribution in [0.25, 0.3) is 5.69 Å². The summed E-state index contributed by atoms with van der Waals surface area (Å²) >= 11 is 11.6. The normalized spacial score (nSPS) is 11.3. The molecule has 37 heavy (non-hydrogen) atoms. The topological polar surface area (TPSA) is 109 Å². The predicted octanol–water partition coefficient (Wildman–Crippen LogP) is 5.48. The summed E-state index contributed by atoms with van der Waals surface area (Å²) in [5.41, 5.74) is -0.864. The number of carbonyl (C=O) groups is 2. The maximum absolute atomic E-state index is 13.3. The molecular formula is C24H16Cl2F3N5O3. The smallest absolute Gasteiger partial charge is 0.416 e. The van der Waals surface area contributed by atoms with Gasteiger partial charge in [-0.15, -0.1) is 5.10 Å². The van der Waals surface area contributed by atoms with Crippen LogP contribution < -0.4 is 10.6 Å². The molecule has 4 rings (SSSR count). The molecule has 3 N–H and O–H groups in total. The number of benzene rings is 2. The molecule has 0 aliphatic heterocycles. The number of anilines is 1. The SMILES string of the molecule is O=C(Nc1nn(-c2ccccc2)cc1C(=O)NCc1ccccc1C(F)(F)F)c1cc(Cl)c(O)c(Cl)n1. The van der Waals surface area contributed by atoms with Crippen LogP contribution in [0.2, 0.25) is 10.2 Å². The van der Waals surface area contributed by atoms with Gasteiger partial charge in [0.1, 0.15) is 11.3 Å². The first-order valence-corrected chi connectivity index (χ1v) is 11.2. The summed E-state index contributed by atoms with van der Waals surface area (Å²) in [7, 11) is 0. The monoisotopic (exact) mass is 549 g/mol. The van der Waals surface area contributed by atoms with Crippen LogP contribution in [0.15, 0.2) is 66.9 Å². The van der Waals surface area contributed by atoms with Gasteiger partial charge in [0.15, 0.2) is 16.7 Å². The predicted molar refractivity (Wildman–Crippen MR) is 130 cm³/mol. The molecule has 2 aromatic carbocycles. The van der Waals surface area contributed by atoms with Gasteiger partial charge in [0, 0.05) is 12.7 Å². The van der Waals surface area contributed by atoms with Crippen molar-refractivity contribution < 1.29 is 27.9 Å². The maximum atomic E-state index is 13.3. The molecule has 4 aromatic rings. The standard InChI is InChI=1S/C24H16Cl2F3N5O3/c25-17-10-18(31-20(26)19(17)35)23(37)32-21-15(12-34(33-21)14-7-2-1-3-8-14)22(36)30-11-13-6-4-5-9-16(13)24(27,28)29/h1-10,12,35H,11H2,(H,30,36)(H,32,33,37). The second-order valence-corrected chi connectivity index (χ2v) is 8.36. The Hall–Kier alpha value is -4.09. The summed E-state index contributed by atoms with van der Waals surface area (Å²) in [6, 6.07) is 14.5. The van der Waals surface area contributed by atoms with E-state index in [1.54, 1.807) is 30.3 Å². The number of nitrogens with one attached hydrogen (secondary N) is 2. The van der Waals surface area contributed by atoms with Crippen LogP contribution in [-0.4, -0.2) is 31.7 Å². The zero-order valence-corrected chi connectivity index (χ0v) is 20.1. The molecule has 0 spiro atoms. The number of aromatic hydroxyl groups is 1. The number of hydrogen-bond acceptors (Lipinski definition) is 5. The third kappa shape index (κ3) is 5.84. The third-order valence-electron chi connectivity index (χ3n) is 5.11. The minimum absolute atomic E-state index is 0.127. The Kier molecular flexibility index (Phi) is 7.37. The fraction of sp³-hybridized carbons (Fsp3) is 0.0833. The highest BCUT2D eigenvalue weighted by Crippen LogP contribution is 2.32. The fourth-order valence-electron chi connectivity index (χ4n) is 3.33. The summed E-state index contributed by atoms with van der Waals surface area (Å²) in [4.78, 5) is 29.6. The van der Waals surface area contributed by atoms with Crippen LogP contribution in [-0.2, 0) is 12.7 Å². The molecule has 0 unspecified atom stereocenters. The number of halogens is 5. The number of carbonyl (C=O) groups excluding carboxylic acids is 2. The van der Waals surface area contributed by atoms with Crippen molar-refractivity contribution in [2.45, 2.75) is 12.7 Å². The highest BCUT2D eigenvalue weighted by atomic mass is 35.5. The van der Waals surface area contributed by atoms with Crippen LogP contribution in [0.3, 0.4) is 0 Å². The molecule has 0 atom stereocenters. The summed E-state index contributed by atoms with van der Waals surface area (Å²) < 4.78 is 41.3. The average Bonchev–Trinajstić information content (AvgIpc) is 3.29. The van der Waals surface area contributed by atoms with E-state index in [9.17, 15) is 27.9 Å². The van der Waals surface area contributed by atoms with Gasteiger partial charge in [0.2, 0.25) is 0 Å². The highest BCUT2D eigenvalue weighted by molar-refractivity contribution is 6.36. The Labute approximate surface area is 217 Å². The van der Waals surface area contributed by atoms with Crippen LogP contribution >= 0.6 is 23.2 Å². The van der Waals surface area contributed by atoms with E-state index in [1.165, 1.54) is 29.1 Å². The lowest BCUT2D eigenvalue weighted by molar-refractivity contribution is -0.138. The van der Waals surface area contributed by atoms with Gasteiger partial charge in [-0.2, -0.15) is 13.2 Å². The van der Waals surface area contributed by atoms with Crippen molar-refractivity contribution in [2.75, 3.05) is 5.32 Å².